The maximum Gasteiger partial charge on any atom is 0.344 e. The number of rotatable bonds is 8. The summed E-state index contributed by atoms with van der Waals surface area (Å²) in [7, 11) is -4.14. The highest BCUT2D eigenvalue weighted by Crippen LogP contribution is 2.35. The maximum atomic E-state index is 12.8. The van der Waals surface area contributed by atoms with Gasteiger partial charge in [-0.15, -0.1) is 0 Å². The van der Waals surface area contributed by atoms with Crippen LogP contribution >= 0.6 is 0 Å². The fourth-order valence-corrected chi connectivity index (χ4v) is 3.44. The van der Waals surface area contributed by atoms with Crippen LogP contribution in [0.25, 0.3) is 0 Å². The van der Waals surface area contributed by atoms with E-state index in [4.69, 9.17) is 19.9 Å². The number of carbonyl (C=O) groups excluding carboxylic acids is 2. The van der Waals surface area contributed by atoms with E-state index < -0.39 is 34.2 Å². The molecule has 0 aliphatic carbocycles. The van der Waals surface area contributed by atoms with Gasteiger partial charge in [0.1, 0.15) is 16.2 Å². The zero-order valence-electron chi connectivity index (χ0n) is 17.7. The van der Waals surface area contributed by atoms with Gasteiger partial charge < -0.3 is 19.9 Å². The number of esters is 2. The predicted octanol–water partition coefficient (Wildman–Crippen LogP) is 2.36. The van der Waals surface area contributed by atoms with Crippen molar-refractivity contribution in [3.05, 3.63) is 42.2 Å². The second-order valence-electron chi connectivity index (χ2n) is 7.29. The SMILES string of the molecule is CCOC(=O)COc1ccc(C(=O)OC(C)(C)C)c(NS(=O)(=O)c2cccnc2)c1N. The molecule has 0 atom stereocenters. The first-order chi connectivity index (χ1) is 14.4. The minimum atomic E-state index is -4.14. The summed E-state index contributed by atoms with van der Waals surface area (Å²) in [6.45, 7) is 6.39. The van der Waals surface area contributed by atoms with Gasteiger partial charge in [-0.3, -0.25) is 9.71 Å². The number of hydrogen-bond donors (Lipinski definition) is 2. The molecule has 0 aliphatic rings. The van der Waals surface area contributed by atoms with E-state index in [2.05, 4.69) is 9.71 Å². The highest BCUT2D eigenvalue weighted by molar-refractivity contribution is 7.92. The van der Waals surface area contributed by atoms with E-state index in [0.717, 1.165) is 6.20 Å². The fourth-order valence-electron chi connectivity index (χ4n) is 2.38. The average molecular weight is 452 g/mol. The Bertz CT molecular complexity index is 1050. The number of pyridine rings is 1. The van der Waals surface area contributed by atoms with Crippen LogP contribution in [0.5, 0.6) is 5.75 Å². The van der Waals surface area contributed by atoms with E-state index in [1.165, 1.54) is 30.5 Å². The summed E-state index contributed by atoms with van der Waals surface area (Å²) in [4.78, 5) is 27.9. The molecule has 0 saturated carbocycles. The van der Waals surface area contributed by atoms with Gasteiger partial charge in [-0.25, -0.2) is 18.0 Å². The highest BCUT2D eigenvalue weighted by atomic mass is 32.2. The Morgan fingerprint density at radius 2 is 1.90 bits per heavy atom. The number of nitrogens with zero attached hydrogens (tertiary/aromatic N) is 1. The predicted molar refractivity (Wildman–Crippen MR) is 113 cm³/mol. The Labute approximate surface area is 180 Å². The number of benzene rings is 1. The van der Waals surface area contributed by atoms with E-state index in [1.807, 2.05) is 0 Å². The lowest BCUT2D eigenvalue weighted by Gasteiger charge is -2.22. The third-order valence-corrected chi connectivity index (χ3v) is 4.99. The molecule has 0 aliphatic heterocycles. The van der Waals surface area contributed by atoms with Crippen LogP contribution in [0.1, 0.15) is 38.1 Å². The Hall–Kier alpha value is -3.34. The maximum absolute atomic E-state index is 12.8. The minimum absolute atomic E-state index is 0.00996. The average Bonchev–Trinajstić information content (AvgIpc) is 2.68. The fraction of sp³-hybridized carbons (Fsp3) is 0.350. The Kier molecular flexibility index (Phi) is 7.45. The first-order valence-electron chi connectivity index (χ1n) is 9.31. The number of hydrogen-bond acceptors (Lipinski definition) is 9. The molecule has 0 amide bonds. The first-order valence-corrected chi connectivity index (χ1v) is 10.8. The number of aromatic nitrogens is 1. The molecule has 1 aromatic heterocycles. The third kappa shape index (κ3) is 6.57. The summed E-state index contributed by atoms with van der Waals surface area (Å²) >= 11 is 0. The molecule has 0 fully saturated rings. The van der Waals surface area contributed by atoms with Gasteiger partial charge in [0.2, 0.25) is 0 Å². The summed E-state index contributed by atoms with van der Waals surface area (Å²) < 4.78 is 43.4. The lowest BCUT2D eigenvalue weighted by molar-refractivity contribution is -0.145. The highest BCUT2D eigenvalue weighted by Gasteiger charge is 2.26. The zero-order valence-corrected chi connectivity index (χ0v) is 18.5. The van der Waals surface area contributed by atoms with E-state index in [0.29, 0.717) is 0 Å². The van der Waals surface area contributed by atoms with Crippen LogP contribution in [0.2, 0.25) is 0 Å². The van der Waals surface area contributed by atoms with Gasteiger partial charge in [0.25, 0.3) is 10.0 Å². The molecule has 2 aromatic rings. The Morgan fingerprint density at radius 3 is 2.48 bits per heavy atom. The summed E-state index contributed by atoms with van der Waals surface area (Å²) in [5.41, 5.74) is 4.72. The lowest BCUT2D eigenvalue weighted by Crippen LogP contribution is -2.25. The summed E-state index contributed by atoms with van der Waals surface area (Å²) in [6, 6.07) is 5.42. The summed E-state index contributed by atoms with van der Waals surface area (Å²) in [5.74, 6) is -1.43. The first kappa shape index (κ1) is 23.9. The molecule has 10 nitrogen and oxygen atoms in total. The number of nitrogen functional groups attached to an aromatic ring is 1. The van der Waals surface area contributed by atoms with Gasteiger partial charge in [0.05, 0.1) is 23.5 Å². The molecule has 3 N–H and O–H groups in total. The summed E-state index contributed by atoms with van der Waals surface area (Å²) in [5, 5.41) is 0. The second-order valence-corrected chi connectivity index (χ2v) is 8.97. The van der Waals surface area contributed by atoms with Crippen LogP contribution in [0.3, 0.4) is 0 Å². The zero-order chi connectivity index (χ0) is 23.2. The molecule has 168 valence electrons. The van der Waals surface area contributed by atoms with Crippen molar-refractivity contribution in [2.45, 2.75) is 38.2 Å². The molecular formula is C20H25N3O7S. The minimum Gasteiger partial charge on any atom is -0.480 e. The van der Waals surface area contributed by atoms with Gasteiger partial charge in [0.15, 0.2) is 6.61 Å². The van der Waals surface area contributed by atoms with Crippen molar-refractivity contribution in [2.24, 2.45) is 0 Å². The van der Waals surface area contributed by atoms with Crippen molar-refractivity contribution in [1.82, 2.24) is 4.98 Å². The Balaban J connectivity index is 2.48. The van der Waals surface area contributed by atoms with Crippen molar-refractivity contribution in [3.63, 3.8) is 0 Å². The van der Waals surface area contributed by atoms with Crippen LogP contribution in [0.4, 0.5) is 11.4 Å². The smallest absolute Gasteiger partial charge is 0.344 e. The molecule has 31 heavy (non-hydrogen) atoms. The number of nitrogens with one attached hydrogen (secondary N) is 1. The molecule has 0 spiro atoms. The molecule has 11 heteroatoms. The van der Waals surface area contributed by atoms with Gasteiger partial charge in [-0.1, -0.05) is 0 Å². The van der Waals surface area contributed by atoms with Crippen molar-refractivity contribution in [3.8, 4) is 5.75 Å². The number of nitrogens with two attached hydrogens (primary N) is 1. The van der Waals surface area contributed by atoms with Gasteiger partial charge in [-0.2, -0.15) is 0 Å². The largest absolute Gasteiger partial charge is 0.480 e. The number of carbonyl (C=O) groups is 2. The van der Waals surface area contributed by atoms with Crippen molar-refractivity contribution in [1.29, 1.82) is 0 Å². The molecular weight excluding hydrogens is 426 g/mol. The van der Waals surface area contributed by atoms with Crippen molar-refractivity contribution < 1.29 is 32.2 Å². The van der Waals surface area contributed by atoms with Gasteiger partial charge in [-0.05, 0) is 52.0 Å². The lowest BCUT2D eigenvalue weighted by atomic mass is 10.1. The monoisotopic (exact) mass is 451 g/mol. The summed E-state index contributed by atoms with van der Waals surface area (Å²) in [6.07, 6.45) is 2.57. The van der Waals surface area contributed by atoms with E-state index in [1.54, 1.807) is 27.7 Å². The van der Waals surface area contributed by atoms with Crippen LogP contribution in [0, 0.1) is 0 Å². The molecule has 1 heterocycles. The number of ether oxygens (including phenoxy) is 3. The third-order valence-electron chi connectivity index (χ3n) is 3.66. The van der Waals surface area contributed by atoms with Gasteiger partial charge >= 0.3 is 11.9 Å². The van der Waals surface area contributed by atoms with Crippen LogP contribution in [0.15, 0.2) is 41.6 Å². The molecule has 0 unspecified atom stereocenters. The van der Waals surface area contributed by atoms with E-state index in [-0.39, 0.29) is 34.2 Å². The van der Waals surface area contributed by atoms with Crippen molar-refractivity contribution in [2.75, 3.05) is 23.7 Å². The topological polar surface area (TPSA) is 147 Å². The molecule has 1 aromatic carbocycles. The molecule has 0 saturated heterocycles. The molecule has 0 radical (unpaired) electrons. The van der Waals surface area contributed by atoms with Crippen LogP contribution in [-0.4, -0.2) is 44.2 Å². The van der Waals surface area contributed by atoms with E-state index >= 15 is 0 Å². The number of anilines is 2. The van der Waals surface area contributed by atoms with Crippen molar-refractivity contribution >= 4 is 33.3 Å². The standard InChI is InChI=1S/C20H25N3O7S/c1-5-28-16(24)12-29-15-9-8-14(19(25)30-20(2,3)4)18(17(15)21)23-31(26,27)13-7-6-10-22-11-13/h6-11,23H,5,12,21H2,1-4H3. The quantitative estimate of drug-likeness (QED) is 0.456. The second kappa shape index (κ2) is 9.65. The normalized spacial score (nSPS) is 11.5. The molecule has 0 bridgehead atoms. The van der Waals surface area contributed by atoms with Crippen LogP contribution in [-0.2, 0) is 24.3 Å². The van der Waals surface area contributed by atoms with E-state index in [9.17, 15) is 18.0 Å². The Morgan fingerprint density at radius 1 is 1.19 bits per heavy atom. The number of sulfonamides is 1. The van der Waals surface area contributed by atoms with Crippen LogP contribution < -0.4 is 15.2 Å². The van der Waals surface area contributed by atoms with Gasteiger partial charge in [0, 0.05) is 12.4 Å². The molecule has 2 rings (SSSR count).